The van der Waals surface area contributed by atoms with E-state index in [0.29, 0.717) is 5.56 Å². The molecule has 8 heteroatoms. The van der Waals surface area contributed by atoms with Crippen LogP contribution in [0.3, 0.4) is 0 Å². The first kappa shape index (κ1) is 19.7. The Morgan fingerprint density at radius 1 is 1.15 bits per heavy atom. The normalized spacial score (nSPS) is 12.4. The number of rotatable bonds is 8. The van der Waals surface area contributed by atoms with Crippen molar-refractivity contribution in [3.05, 3.63) is 59.9 Å². The molecule has 0 radical (unpaired) electrons. The van der Waals surface area contributed by atoms with E-state index in [-0.39, 0.29) is 35.6 Å². The number of carbonyl (C=O) groups is 2. The molecule has 0 aliphatic rings. The van der Waals surface area contributed by atoms with Gasteiger partial charge in [0.05, 0.1) is 10.9 Å². The zero-order chi connectivity index (χ0) is 19.2. The lowest BCUT2D eigenvalue weighted by Crippen LogP contribution is -2.32. The molecule has 0 spiro atoms. The Labute approximate surface area is 152 Å². The summed E-state index contributed by atoms with van der Waals surface area (Å²) in [6.07, 6.45) is 3.28. The maximum absolute atomic E-state index is 12.3. The Kier molecular flexibility index (Phi) is 6.59. The fraction of sp³-hybridized carbons (Fsp3) is 0.278. The van der Waals surface area contributed by atoms with Gasteiger partial charge in [0.1, 0.15) is 0 Å². The van der Waals surface area contributed by atoms with E-state index >= 15 is 0 Å². The standard InChI is InChI=1S/C18H21N3O4S/c1-13(15-6-9-19-10-7-15)21-18(23)8-11-20-26(24,25)17-5-3-4-16(12-17)14(2)22/h3-7,9-10,12-13,20H,8,11H2,1-2H3,(H,21,23)/t13-/m1/s1. The molecule has 138 valence electrons. The van der Waals surface area contributed by atoms with Gasteiger partial charge in [0, 0.05) is 30.9 Å². The molecule has 0 bridgehead atoms. The van der Waals surface area contributed by atoms with Crippen molar-refractivity contribution >= 4 is 21.7 Å². The number of Topliss-reactive ketones (excluding diaryl/α,β-unsaturated/α-hetero) is 1. The van der Waals surface area contributed by atoms with E-state index < -0.39 is 10.0 Å². The van der Waals surface area contributed by atoms with Crippen LogP contribution in [0.1, 0.15) is 42.2 Å². The van der Waals surface area contributed by atoms with Crippen molar-refractivity contribution in [3.8, 4) is 0 Å². The minimum Gasteiger partial charge on any atom is -0.350 e. The van der Waals surface area contributed by atoms with Crippen LogP contribution in [0.25, 0.3) is 0 Å². The van der Waals surface area contributed by atoms with E-state index in [1.54, 1.807) is 30.6 Å². The fourth-order valence-electron chi connectivity index (χ4n) is 2.31. The van der Waals surface area contributed by atoms with Crippen LogP contribution in [-0.4, -0.2) is 31.6 Å². The van der Waals surface area contributed by atoms with E-state index in [0.717, 1.165) is 5.56 Å². The first-order valence-electron chi connectivity index (χ1n) is 8.09. The van der Waals surface area contributed by atoms with E-state index in [1.807, 2.05) is 6.92 Å². The lowest BCUT2D eigenvalue weighted by molar-refractivity contribution is -0.121. The predicted molar refractivity (Wildman–Crippen MR) is 97.0 cm³/mol. The molecule has 0 aliphatic heterocycles. The molecule has 1 amide bonds. The third-order valence-electron chi connectivity index (χ3n) is 3.78. The molecule has 2 N–H and O–H groups in total. The number of nitrogens with one attached hydrogen (secondary N) is 2. The number of aromatic nitrogens is 1. The third kappa shape index (κ3) is 5.47. The van der Waals surface area contributed by atoms with E-state index in [4.69, 9.17) is 0 Å². The number of hydrogen-bond acceptors (Lipinski definition) is 5. The molecular formula is C18H21N3O4S. The monoisotopic (exact) mass is 375 g/mol. The minimum atomic E-state index is -3.78. The lowest BCUT2D eigenvalue weighted by Gasteiger charge is -2.14. The van der Waals surface area contributed by atoms with Gasteiger partial charge in [-0.05, 0) is 43.7 Å². The highest BCUT2D eigenvalue weighted by Gasteiger charge is 2.16. The smallest absolute Gasteiger partial charge is 0.240 e. The van der Waals surface area contributed by atoms with Crippen LogP contribution in [0.2, 0.25) is 0 Å². The maximum Gasteiger partial charge on any atom is 0.240 e. The number of hydrogen-bond donors (Lipinski definition) is 2. The van der Waals surface area contributed by atoms with Crippen LogP contribution in [0.5, 0.6) is 0 Å². The number of pyridine rings is 1. The largest absolute Gasteiger partial charge is 0.350 e. The van der Waals surface area contributed by atoms with Gasteiger partial charge in [-0.25, -0.2) is 13.1 Å². The molecular weight excluding hydrogens is 354 g/mol. The SMILES string of the molecule is CC(=O)c1cccc(S(=O)(=O)NCCC(=O)N[C@H](C)c2ccncc2)c1. The zero-order valence-electron chi connectivity index (χ0n) is 14.6. The van der Waals surface area contributed by atoms with Crippen molar-refractivity contribution in [2.45, 2.75) is 31.2 Å². The fourth-order valence-corrected chi connectivity index (χ4v) is 3.39. The highest BCUT2D eigenvalue weighted by Crippen LogP contribution is 2.12. The molecule has 0 fully saturated rings. The van der Waals surface area contributed by atoms with Crippen molar-refractivity contribution in [1.82, 2.24) is 15.0 Å². The quantitative estimate of drug-likeness (QED) is 0.685. The van der Waals surface area contributed by atoms with Crippen LogP contribution in [-0.2, 0) is 14.8 Å². The maximum atomic E-state index is 12.3. The molecule has 1 heterocycles. The molecule has 1 aromatic heterocycles. The molecule has 0 unspecified atom stereocenters. The van der Waals surface area contributed by atoms with E-state index in [1.165, 1.54) is 25.1 Å². The van der Waals surface area contributed by atoms with Crippen molar-refractivity contribution in [1.29, 1.82) is 0 Å². The molecule has 7 nitrogen and oxygen atoms in total. The van der Waals surface area contributed by atoms with Crippen LogP contribution in [0, 0.1) is 0 Å². The highest BCUT2D eigenvalue weighted by atomic mass is 32.2. The van der Waals surface area contributed by atoms with Gasteiger partial charge in [-0.2, -0.15) is 0 Å². The number of sulfonamides is 1. The summed E-state index contributed by atoms with van der Waals surface area (Å²) in [5, 5.41) is 2.80. The molecule has 26 heavy (non-hydrogen) atoms. The van der Waals surface area contributed by atoms with Gasteiger partial charge in [0.15, 0.2) is 5.78 Å². The number of carbonyl (C=O) groups excluding carboxylic acids is 2. The Morgan fingerprint density at radius 2 is 1.85 bits per heavy atom. The van der Waals surface area contributed by atoms with Crippen molar-refractivity contribution in [3.63, 3.8) is 0 Å². The van der Waals surface area contributed by atoms with Gasteiger partial charge in [-0.15, -0.1) is 0 Å². The Balaban J connectivity index is 1.89. The summed E-state index contributed by atoms with van der Waals surface area (Å²) in [7, 11) is -3.78. The molecule has 0 saturated carbocycles. The summed E-state index contributed by atoms with van der Waals surface area (Å²) >= 11 is 0. The Morgan fingerprint density at radius 3 is 2.50 bits per heavy atom. The van der Waals surface area contributed by atoms with E-state index in [2.05, 4.69) is 15.0 Å². The highest BCUT2D eigenvalue weighted by molar-refractivity contribution is 7.89. The third-order valence-corrected chi connectivity index (χ3v) is 5.24. The lowest BCUT2D eigenvalue weighted by atomic mass is 10.1. The molecule has 1 aromatic carbocycles. The van der Waals surface area contributed by atoms with Gasteiger partial charge in [-0.3, -0.25) is 14.6 Å². The summed E-state index contributed by atoms with van der Waals surface area (Å²) < 4.78 is 26.9. The summed E-state index contributed by atoms with van der Waals surface area (Å²) in [4.78, 5) is 27.3. The first-order chi connectivity index (χ1) is 12.3. The number of benzene rings is 1. The van der Waals surface area contributed by atoms with Gasteiger partial charge in [-0.1, -0.05) is 12.1 Å². The zero-order valence-corrected chi connectivity index (χ0v) is 15.4. The van der Waals surface area contributed by atoms with Crippen LogP contribution in [0.4, 0.5) is 0 Å². The molecule has 2 aromatic rings. The molecule has 0 saturated heterocycles. The van der Waals surface area contributed by atoms with Crippen LogP contribution in [0.15, 0.2) is 53.7 Å². The molecule has 1 atom stereocenters. The minimum absolute atomic E-state index is 0.00104. The van der Waals surface area contributed by atoms with Crippen LogP contribution < -0.4 is 10.0 Å². The predicted octanol–water partition coefficient (Wildman–Crippen LogP) is 1.83. The van der Waals surface area contributed by atoms with Crippen molar-refractivity contribution in [2.24, 2.45) is 0 Å². The van der Waals surface area contributed by atoms with Gasteiger partial charge >= 0.3 is 0 Å². The van der Waals surface area contributed by atoms with Gasteiger partial charge < -0.3 is 5.32 Å². The number of ketones is 1. The van der Waals surface area contributed by atoms with Crippen LogP contribution >= 0.6 is 0 Å². The Hall–Kier alpha value is -2.58. The van der Waals surface area contributed by atoms with Gasteiger partial charge in [0.25, 0.3) is 0 Å². The molecule has 2 rings (SSSR count). The molecule has 0 aliphatic carbocycles. The first-order valence-corrected chi connectivity index (χ1v) is 9.58. The second kappa shape index (κ2) is 8.68. The van der Waals surface area contributed by atoms with E-state index in [9.17, 15) is 18.0 Å². The average molecular weight is 375 g/mol. The summed E-state index contributed by atoms with van der Waals surface area (Å²) in [6.45, 7) is 3.17. The second-order valence-electron chi connectivity index (χ2n) is 5.80. The number of nitrogens with zero attached hydrogens (tertiary/aromatic N) is 1. The summed E-state index contributed by atoms with van der Waals surface area (Å²) in [5.74, 6) is -0.485. The van der Waals surface area contributed by atoms with Gasteiger partial charge in [0.2, 0.25) is 15.9 Å². The van der Waals surface area contributed by atoms with Crippen molar-refractivity contribution < 1.29 is 18.0 Å². The topological polar surface area (TPSA) is 105 Å². The van der Waals surface area contributed by atoms with Crippen molar-refractivity contribution in [2.75, 3.05) is 6.54 Å². The summed E-state index contributed by atoms with van der Waals surface area (Å²) in [6, 6.07) is 9.18. The number of amides is 1. The average Bonchev–Trinajstić information content (AvgIpc) is 2.62. The second-order valence-corrected chi connectivity index (χ2v) is 7.57. The summed E-state index contributed by atoms with van der Waals surface area (Å²) in [5.41, 5.74) is 1.23. The Bertz CT molecular complexity index is 882.